The summed E-state index contributed by atoms with van der Waals surface area (Å²) in [5, 5.41) is 4.01. The lowest BCUT2D eigenvalue weighted by Gasteiger charge is -2.10. The van der Waals surface area contributed by atoms with Gasteiger partial charge in [0, 0.05) is 32.4 Å². The van der Waals surface area contributed by atoms with Crippen molar-refractivity contribution in [3.63, 3.8) is 0 Å². The predicted molar refractivity (Wildman–Crippen MR) is 134 cm³/mol. The first-order valence-corrected chi connectivity index (χ1v) is 11.1. The molecule has 4 nitrogen and oxygen atoms in total. The van der Waals surface area contributed by atoms with Gasteiger partial charge in [0.2, 0.25) is 0 Å². The standard InChI is InChI=1S/C28H16ClN3O/c29-18-12-13-25-22(15-18)27-28(33-25)26(30-16-31-27)17-6-5-7-19(14-17)32-23-10-3-1-8-20(23)21-9-2-4-11-24(21)32/h1-16H. The molecule has 0 saturated heterocycles. The Labute approximate surface area is 193 Å². The van der Waals surface area contributed by atoms with Crippen molar-refractivity contribution < 1.29 is 4.42 Å². The van der Waals surface area contributed by atoms with Gasteiger partial charge in [0.1, 0.15) is 23.1 Å². The zero-order valence-electron chi connectivity index (χ0n) is 17.4. The number of aromatic nitrogens is 3. The summed E-state index contributed by atoms with van der Waals surface area (Å²) >= 11 is 6.22. The third kappa shape index (κ3) is 2.71. The van der Waals surface area contributed by atoms with Gasteiger partial charge in [-0.2, -0.15) is 0 Å². The Bertz CT molecular complexity index is 1790. The van der Waals surface area contributed by atoms with Crippen LogP contribution < -0.4 is 0 Å². The zero-order valence-corrected chi connectivity index (χ0v) is 18.1. The van der Waals surface area contributed by atoms with Crippen LogP contribution in [0.2, 0.25) is 5.02 Å². The van der Waals surface area contributed by atoms with Crippen molar-refractivity contribution in [1.82, 2.24) is 14.5 Å². The van der Waals surface area contributed by atoms with Crippen molar-refractivity contribution in [2.75, 3.05) is 0 Å². The fourth-order valence-electron chi connectivity index (χ4n) is 4.75. The molecule has 4 aromatic carbocycles. The summed E-state index contributed by atoms with van der Waals surface area (Å²) in [5.74, 6) is 0. The second kappa shape index (κ2) is 6.92. The first-order valence-electron chi connectivity index (χ1n) is 10.7. The Kier molecular flexibility index (Phi) is 3.87. The molecule has 0 amide bonds. The van der Waals surface area contributed by atoms with E-state index < -0.39 is 0 Å². The van der Waals surface area contributed by atoms with E-state index in [1.165, 1.54) is 21.8 Å². The second-order valence-electron chi connectivity index (χ2n) is 8.06. The fraction of sp³-hybridized carbons (Fsp3) is 0. The molecule has 0 fully saturated rings. The van der Waals surface area contributed by atoms with Gasteiger partial charge in [-0.25, -0.2) is 9.97 Å². The van der Waals surface area contributed by atoms with Gasteiger partial charge in [-0.1, -0.05) is 60.1 Å². The van der Waals surface area contributed by atoms with Crippen molar-refractivity contribution in [3.8, 4) is 16.9 Å². The van der Waals surface area contributed by atoms with Crippen LogP contribution in [0, 0.1) is 0 Å². The topological polar surface area (TPSA) is 43.9 Å². The summed E-state index contributed by atoms with van der Waals surface area (Å²) in [6.07, 6.45) is 1.58. The maximum Gasteiger partial charge on any atom is 0.180 e. The maximum atomic E-state index is 6.22. The summed E-state index contributed by atoms with van der Waals surface area (Å²) in [4.78, 5) is 9.08. The summed E-state index contributed by atoms with van der Waals surface area (Å²) in [6, 6.07) is 31.0. The van der Waals surface area contributed by atoms with Crippen LogP contribution in [0.15, 0.2) is 102 Å². The number of nitrogens with zero attached hydrogens (tertiary/aromatic N) is 3. The minimum Gasteiger partial charge on any atom is -0.452 e. The summed E-state index contributed by atoms with van der Waals surface area (Å²) in [6.45, 7) is 0. The number of fused-ring (bicyclic) bond motifs is 6. The number of hydrogen-bond donors (Lipinski definition) is 0. The molecule has 3 heterocycles. The highest BCUT2D eigenvalue weighted by molar-refractivity contribution is 6.31. The Balaban J connectivity index is 1.49. The molecular weight excluding hydrogens is 430 g/mol. The largest absolute Gasteiger partial charge is 0.452 e. The van der Waals surface area contributed by atoms with E-state index in [2.05, 4.69) is 87.3 Å². The van der Waals surface area contributed by atoms with Gasteiger partial charge in [-0.05, 0) is 42.5 Å². The number of hydrogen-bond acceptors (Lipinski definition) is 3. The van der Waals surface area contributed by atoms with Crippen LogP contribution >= 0.6 is 11.6 Å². The van der Waals surface area contributed by atoms with Crippen LogP contribution in [0.1, 0.15) is 0 Å². The molecule has 0 aliphatic heterocycles. The van der Waals surface area contributed by atoms with Gasteiger partial charge in [0.15, 0.2) is 5.58 Å². The van der Waals surface area contributed by atoms with Gasteiger partial charge in [0.25, 0.3) is 0 Å². The number of benzene rings is 4. The van der Waals surface area contributed by atoms with Gasteiger partial charge in [0.05, 0.1) is 11.0 Å². The van der Waals surface area contributed by atoms with Crippen LogP contribution in [0.3, 0.4) is 0 Å². The van der Waals surface area contributed by atoms with E-state index >= 15 is 0 Å². The highest BCUT2D eigenvalue weighted by Gasteiger charge is 2.17. The lowest BCUT2D eigenvalue weighted by molar-refractivity contribution is 0.667. The normalized spacial score (nSPS) is 11.8. The van der Waals surface area contributed by atoms with Gasteiger partial charge in [-0.3, -0.25) is 0 Å². The number of furan rings is 1. The molecule has 0 bridgehead atoms. The van der Waals surface area contributed by atoms with Gasteiger partial charge in [-0.15, -0.1) is 0 Å². The molecule has 156 valence electrons. The molecule has 0 radical (unpaired) electrons. The number of para-hydroxylation sites is 2. The lowest BCUT2D eigenvalue weighted by atomic mass is 10.1. The number of halogens is 1. The molecule has 0 aliphatic carbocycles. The Hall–Kier alpha value is -4.15. The third-order valence-corrected chi connectivity index (χ3v) is 6.41. The van der Waals surface area contributed by atoms with E-state index in [9.17, 15) is 0 Å². The molecule has 7 rings (SSSR count). The molecular formula is C28H16ClN3O. The van der Waals surface area contributed by atoms with E-state index in [0.717, 1.165) is 33.4 Å². The summed E-state index contributed by atoms with van der Waals surface area (Å²) < 4.78 is 8.47. The molecule has 5 heteroatoms. The van der Waals surface area contributed by atoms with E-state index in [1.807, 2.05) is 18.2 Å². The summed E-state index contributed by atoms with van der Waals surface area (Å²) in [5.41, 5.74) is 7.30. The minimum absolute atomic E-state index is 0.652. The van der Waals surface area contributed by atoms with Crippen LogP contribution in [-0.4, -0.2) is 14.5 Å². The molecule has 33 heavy (non-hydrogen) atoms. The molecule has 0 aliphatic rings. The molecule has 3 aromatic heterocycles. The highest BCUT2D eigenvalue weighted by atomic mass is 35.5. The van der Waals surface area contributed by atoms with Crippen LogP contribution in [-0.2, 0) is 0 Å². The minimum atomic E-state index is 0.652. The first-order chi connectivity index (χ1) is 16.3. The van der Waals surface area contributed by atoms with E-state index in [1.54, 1.807) is 6.33 Å². The fourth-order valence-corrected chi connectivity index (χ4v) is 4.92. The molecule has 0 atom stereocenters. The maximum absolute atomic E-state index is 6.22. The van der Waals surface area contributed by atoms with Crippen molar-refractivity contribution in [2.24, 2.45) is 0 Å². The van der Waals surface area contributed by atoms with E-state index in [4.69, 9.17) is 16.0 Å². The van der Waals surface area contributed by atoms with Gasteiger partial charge >= 0.3 is 0 Å². The monoisotopic (exact) mass is 445 g/mol. The molecule has 0 unspecified atom stereocenters. The first kappa shape index (κ1) is 18.4. The molecule has 0 saturated carbocycles. The zero-order chi connectivity index (χ0) is 21.9. The van der Waals surface area contributed by atoms with Crippen LogP contribution in [0.4, 0.5) is 0 Å². The van der Waals surface area contributed by atoms with E-state index in [-0.39, 0.29) is 0 Å². The Morgan fingerprint density at radius 1 is 0.697 bits per heavy atom. The SMILES string of the molecule is Clc1ccc2oc3c(-c4cccc(-n5c6ccccc6c6ccccc65)c4)ncnc3c2c1. The van der Waals surface area contributed by atoms with Gasteiger partial charge < -0.3 is 8.98 Å². The number of rotatable bonds is 2. The average molecular weight is 446 g/mol. The Morgan fingerprint density at radius 2 is 1.45 bits per heavy atom. The van der Waals surface area contributed by atoms with Crippen molar-refractivity contribution in [2.45, 2.75) is 0 Å². The Morgan fingerprint density at radius 3 is 2.24 bits per heavy atom. The van der Waals surface area contributed by atoms with E-state index in [0.29, 0.717) is 10.6 Å². The highest BCUT2D eigenvalue weighted by Crippen LogP contribution is 2.36. The third-order valence-electron chi connectivity index (χ3n) is 6.17. The van der Waals surface area contributed by atoms with Crippen molar-refractivity contribution in [3.05, 3.63) is 102 Å². The molecule has 0 N–H and O–H groups in total. The molecule has 7 aromatic rings. The lowest BCUT2D eigenvalue weighted by Crippen LogP contribution is -1.95. The second-order valence-corrected chi connectivity index (χ2v) is 8.50. The van der Waals surface area contributed by atoms with Crippen LogP contribution in [0.25, 0.3) is 60.8 Å². The molecule has 0 spiro atoms. The average Bonchev–Trinajstić information content (AvgIpc) is 3.40. The van der Waals surface area contributed by atoms with Crippen molar-refractivity contribution >= 4 is 55.5 Å². The summed E-state index contributed by atoms with van der Waals surface area (Å²) in [7, 11) is 0. The predicted octanol–water partition coefficient (Wildman–Crippen LogP) is 7.79. The smallest absolute Gasteiger partial charge is 0.180 e. The van der Waals surface area contributed by atoms with Crippen molar-refractivity contribution in [1.29, 1.82) is 0 Å². The quantitative estimate of drug-likeness (QED) is 0.272. The van der Waals surface area contributed by atoms with Crippen LogP contribution in [0.5, 0.6) is 0 Å².